The van der Waals surface area contributed by atoms with E-state index in [9.17, 15) is 5.11 Å². The Morgan fingerprint density at radius 2 is 1.93 bits per heavy atom. The molecule has 0 unspecified atom stereocenters. The van der Waals surface area contributed by atoms with Crippen molar-refractivity contribution < 1.29 is 5.11 Å². The van der Waals surface area contributed by atoms with Gasteiger partial charge in [-0.15, -0.1) is 0 Å². The van der Waals surface area contributed by atoms with E-state index >= 15 is 0 Å². The van der Waals surface area contributed by atoms with Crippen LogP contribution in [0.5, 0.6) is 0 Å². The van der Waals surface area contributed by atoms with Crippen LogP contribution in [0.3, 0.4) is 0 Å². The van der Waals surface area contributed by atoms with Gasteiger partial charge in [-0.25, -0.2) is 19.9 Å². The van der Waals surface area contributed by atoms with E-state index in [1.165, 1.54) is 11.9 Å². The molecule has 2 aromatic heterocycles. The number of benzene rings is 1. The summed E-state index contributed by atoms with van der Waals surface area (Å²) in [6.45, 7) is 2.06. The zero-order valence-electron chi connectivity index (χ0n) is 15.6. The van der Waals surface area contributed by atoms with Gasteiger partial charge in [0.05, 0.1) is 12.3 Å². The van der Waals surface area contributed by atoms with E-state index in [2.05, 4.69) is 44.2 Å². The van der Waals surface area contributed by atoms with Gasteiger partial charge >= 0.3 is 0 Å². The number of aryl methyl sites for hydroxylation is 1. The first-order valence-electron chi connectivity index (χ1n) is 9.32. The second-order valence-electron chi connectivity index (χ2n) is 7.19. The molecule has 2 N–H and O–H groups in total. The van der Waals surface area contributed by atoms with E-state index in [-0.39, 0.29) is 6.10 Å². The van der Waals surface area contributed by atoms with Gasteiger partial charge in [-0.3, -0.25) is 0 Å². The molecule has 1 aromatic carbocycles. The number of aromatic nitrogens is 4. The molecule has 1 aliphatic carbocycles. The molecule has 0 atom stereocenters. The molecule has 0 aliphatic heterocycles. The van der Waals surface area contributed by atoms with Crippen LogP contribution in [-0.4, -0.2) is 44.2 Å². The first-order valence-corrected chi connectivity index (χ1v) is 9.32. The normalized spacial score (nSPS) is 19.8. The topological polar surface area (TPSA) is 87.1 Å². The van der Waals surface area contributed by atoms with Gasteiger partial charge in [0.25, 0.3) is 0 Å². The average Bonchev–Trinajstić information content (AvgIpc) is 2.68. The molecule has 0 radical (unpaired) electrons. The van der Waals surface area contributed by atoms with E-state index in [0.717, 1.165) is 31.4 Å². The summed E-state index contributed by atoms with van der Waals surface area (Å²) in [5.41, 5.74) is 3.54. The van der Waals surface area contributed by atoms with Crippen molar-refractivity contribution >= 4 is 28.5 Å². The van der Waals surface area contributed by atoms with Crippen molar-refractivity contribution in [3.8, 4) is 0 Å². The highest BCUT2D eigenvalue weighted by Crippen LogP contribution is 2.27. The Bertz CT molecular complexity index is 939. The highest BCUT2D eigenvalue weighted by Gasteiger charge is 2.24. The summed E-state index contributed by atoms with van der Waals surface area (Å²) in [5, 5.41) is 13.1. The minimum Gasteiger partial charge on any atom is -0.393 e. The number of hydrogen-bond donors (Lipinski definition) is 2. The number of anilines is 3. The molecule has 4 rings (SSSR count). The van der Waals surface area contributed by atoms with E-state index in [0.29, 0.717) is 28.8 Å². The van der Waals surface area contributed by atoms with E-state index in [1.807, 2.05) is 19.2 Å². The Balaban J connectivity index is 1.64. The minimum absolute atomic E-state index is 0.175. The Labute approximate surface area is 158 Å². The molecule has 140 valence electrons. The third kappa shape index (κ3) is 3.83. The minimum atomic E-state index is -0.175. The van der Waals surface area contributed by atoms with Crippen LogP contribution in [0.4, 0.5) is 17.5 Å². The van der Waals surface area contributed by atoms with Crippen molar-refractivity contribution in [3.63, 3.8) is 0 Å². The zero-order chi connectivity index (χ0) is 18.8. The van der Waals surface area contributed by atoms with Crippen molar-refractivity contribution in [1.29, 1.82) is 0 Å². The Kier molecular flexibility index (Phi) is 4.85. The molecule has 27 heavy (non-hydrogen) atoms. The van der Waals surface area contributed by atoms with Gasteiger partial charge < -0.3 is 15.3 Å². The van der Waals surface area contributed by atoms with Gasteiger partial charge in [-0.1, -0.05) is 12.1 Å². The summed E-state index contributed by atoms with van der Waals surface area (Å²) in [6.07, 6.45) is 6.63. The lowest BCUT2D eigenvalue weighted by atomic mass is 9.92. The van der Waals surface area contributed by atoms with Gasteiger partial charge in [-0.2, -0.15) is 0 Å². The largest absolute Gasteiger partial charge is 0.393 e. The molecule has 7 nitrogen and oxygen atoms in total. The van der Waals surface area contributed by atoms with Crippen LogP contribution >= 0.6 is 0 Å². The SMILES string of the molecule is Cc1cccc(Nc2ncnc3cnc(N(C)[C@H]4CC[C@H](O)CC4)nc23)c1. The fraction of sp³-hybridized carbons (Fsp3) is 0.400. The van der Waals surface area contributed by atoms with Crippen LogP contribution in [0.2, 0.25) is 0 Å². The van der Waals surface area contributed by atoms with E-state index in [4.69, 9.17) is 4.98 Å². The maximum Gasteiger partial charge on any atom is 0.226 e. The quantitative estimate of drug-likeness (QED) is 0.735. The predicted octanol–water partition coefficient (Wildman–Crippen LogP) is 3.21. The van der Waals surface area contributed by atoms with Gasteiger partial charge in [-0.05, 0) is 50.3 Å². The number of aliphatic hydroxyl groups is 1. The lowest BCUT2D eigenvalue weighted by Crippen LogP contribution is -2.37. The smallest absolute Gasteiger partial charge is 0.226 e. The molecule has 7 heteroatoms. The molecular formula is C20H24N6O. The monoisotopic (exact) mass is 364 g/mol. The number of aliphatic hydroxyl groups excluding tert-OH is 1. The molecule has 0 saturated heterocycles. The summed E-state index contributed by atoms with van der Waals surface area (Å²) in [4.78, 5) is 20.0. The van der Waals surface area contributed by atoms with Crippen molar-refractivity contribution in [3.05, 3.63) is 42.4 Å². The molecule has 0 spiro atoms. The van der Waals surface area contributed by atoms with Crippen molar-refractivity contribution in [1.82, 2.24) is 19.9 Å². The second kappa shape index (κ2) is 7.44. The van der Waals surface area contributed by atoms with Crippen LogP contribution in [0.15, 0.2) is 36.8 Å². The van der Waals surface area contributed by atoms with Crippen molar-refractivity contribution in [2.24, 2.45) is 0 Å². The van der Waals surface area contributed by atoms with Crippen molar-refractivity contribution in [2.75, 3.05) is 17.3 Å². The summed E-state index contributed by atoms with van der Waals surface area (Å²) in [6, 6.07) is 8.47. The highest BCUT2D eigenvalue weighted by atomic mass is 16.3. The number of fused-ring (bicyclic) bond motifs is 1. The Morgan fingerprint density at radius 1 is 1.11 bits per heavy atom. The van der Waals surface area contributed by atoms with Crippen LogP contribution in [0.1, 0.15) is 31.2 Å². The molecule has 1 aliphatic rings. The molecular weight excluding hydrogens is 340 g/mol. The van der Waals surface area contributed by atoms with Gasteiger partial charge in [0, 0.05) is 18.8 Å². The second-order valence-corrected chi connectivity index (χ2v) is 7.19. The fourth-order valence-electron chi connectivity index (χ4n) is 3.57. The van der Waals surface area contributed by atoms with Crippen LogP contribution in [-0.2, 0) is 0 Å². The van der Waals surface area contributed by atoms with Gasteiger partial charge in [0.1, 0.15) is 17.4 Å². The predicted molar refractivity (Wildman–Crippen MR) is 106 cm³/mol. The summed E-state index contributed by atoms with van der Waals surface area (Å²) < 4.78 is 0. The van der Waals surface area contributed by atoms with E-state index < -0.39 is 0 Å². The number of nitrogens with one attached hydrogen (secondary N) is 1. The Morgan fingerprint density at radius 3 is 2.70 bits per heavy atom. The highest BCUT2D eigenvalue weighted by molar-refractivity contribution is 5.87. The zero-order valence-corrected chi connectivity index (χ0v) is 15.6. The van der Waals surface area contributed by atoms with Gasteiger partial charge in [0.15, 0.2) is 5.82 Å². The van der Waals surface area contributed by atoms with Gasteiger partial charge in [0.2, 0.25) is 5.95 Å². The molecule has 0 amide bonds. The first kappa shape index (κ1) is 17.6. The third-order valence-corrected chi connectivity index (χ3v) is 5.17. The number of nitrogens with zero attached hydrogens (tertiary/aromatic N) is 5. The fourth-order valence-corrected chi connectivity index (χ4v) is 3.57. The van der Waals surface area contributed by atoms with E-state index in [1.54, 1.807) is 6.20 Å². The lowest BCUT2D eigenvalue weighted by molar-refractivity contribution is 0.122. The van der Waals surface area contributed by atoms with Crippen LogP contribution in [0, 0.1) is 6.92 Å². The molecule has 2 heterocycles. The van der Waals surface area contributed by atoms with Crippen molar-refractivity contribution in [2.45, 2.75) is 44.8 Å². The average molecular weight is 364 g/mol. The maximum atomic E-state index is 9.74. The summed E-state index contributed by atoms with van der Waals surface area (Å²) >= 11 is 0. The van der Waals surface area contributed by atoms with Crippen LogP contribution in [0.25, 0.3) is 11.0 Å². The van der Waals surface area contributed by atoms with Crippen LogP contribution < -0.4 is 10.2 Å². The Hall–Kier alpha value is -2.80. The number of rotatable bonds is 4. The molecule has 1 fully saturated rings. The standard InChI is InChI=1S/C20H24N6O/c1-13-4-3-5-14(10-13)24-19-18-17(22-12-23-19)11-21-20(25-18)26(2)15-6-8-16(27)9-7-15/h3-5,10-12,15-16,27H,6-9H2,1-2H3,(H,22,23,24)/t15-,16-. The summed E-state index contributed by atoms with van der Waals surface area (Å²) in [7, 11) is 2.01. The third-order valence-electron chi connectivity index (χ3n) is 5.17. The lowest BCUT2D eigenvalue weighted by Gasteiger charge is -2.33. The number of hydrogen-bond acceptors (Lipinski definition) is 7. The molecule has 3 aromatic rings. The summed E-state index contributed by atoms with van der Waals surface area (Å²) in [5.74, 6) is 1.33. The maximum absolute atomic E-state index is 9.74. The molecule has 1 saturated carbocycles. The first-order chi connectivity index (χ1) is 13.1. The molecule has 0 bridgehead atoms.